The van der Waals surface area contributed by atoms with Gasteiger partial charge in [0.2, 0.25) is 0 Å². The van der Waals surface area contributed by atoms with Crippen LogP contribution in [0.15, 0.2) is 60.0 Å². The summed E-state index contributed by atoms with van der Waals surface area (Å²) in [5, 5.41) is 0. The van der Waals surface area contributed by atoms with Gasteiger partial charge in [-0.2, -0.15) is 0 Å². The number of anilines is 1. The summed E-state index contributed by atoms with van der Waals surface area (Å²) >= 11 is 6.46. The molecule has 1 saturated heterocycles. The Morgan fingerprint density at radius 2 is 1.72 bits per heavy atom. The Hall–Kier alpha value is -2.11. The van der Waals surface area contributed by atoms with E-state index < -0.39 is 0 Å². The van der Waals surface area contributed by atoms with Crippen molar-refractivity contribution >= 4 is 39.9 Å². The Labute approximate surface area is 157 Å². The van der Waals surface area contributed by atoms with Crippen LogP contribution in [0.4, 0.5) is 5.69 Å². The molecule has 0 bridgehead atoms. The molecule has 0 aliphatic carbocycles. The van der Waals surface area contributed by atoms with Gasteiger partial charge in [-0.05, 0) is 41.8 Å². The van der Waals surface area contributed by atoms with Crippen molar-refractivity contribution in [2.24, 2.45) is 0 Å². The molecule has 3 rings (SSSR count). The van der Waals surface area contributed by atoms with E-state index in [1.807, 2.05) is 24.3 Å². The lowest BCUT2D eigenvalue weighted by molar-refractivity contribution is -0.113. The van der Waals surface area contributed by atoms with Crippen molar-refractivity contribution in [3.05, 3.63) is 71.1 Å². The highest BCUT2D eigenvalue weighted by Gasteiger charge is 2.31. The van der Waals surface area contributed by atoms with Crippen molar-refractivity contribution in [3.63, 3.8) is 0 Å². The van der Waals surface area contributed by atoms with E-state index in [4.69, 9.17) is 17.0 Å². The number of thiocarbonyl (C=S) groups is 1. The number of rotatable bonds is 6. The highest BCUT2D eigenvalue weighted by molar-refractivity contribution is 8.27. The normalized spacial score (nSPS) is 14.3. The topological polar surface area (TPSA) is 29.5 Å². The van der Waals surface area contributed by atoms with Crippen molar-refractivity contribution < 1.29 is 9.53 Å². The van der Waals surface area contributed by atoms with Crippen LogP contribution in [0, 0.1) is 0 Å². The van der Waals surface area contributed by atoms with Crippen LogP contribution in [0.3, 0.4) is 0 Å². The van der Waals surface area contributed by atoms with E-state index >= 15 is 0 Å². The summed E-state index contributed by atoms with van der Waals surface area (Å²) < 4.78 is 6.34. The van der Waals surface area contributed by atoms with E-state index in [9.17, 15) is 4.79 Å². The van der Waals surface area contributed by atoms with Gasteiger partial charge in [-0.3, -0.25) is 9.69 Å². The molecule has 2 aromatic carbocycles. The van der Waals surface area contributed by atoms with Crippen molar-refractivity contribution in [2.45, 2.75) is 26.4 Å². The number of hydrogen-bond acceptors (Lipinski definition) is 4. The van der Waals surface area contributed by atoms with Crippen LogP contribution in [0.2, 0.25) is 0 Å². The first-order chi connectivity index (χ1) is 12.1. The zero-order chi connectivity index (χ0) is 17.8. The van der Waals surface area contributed by atoms with Gasteiger partial charge in [0.15, 0.2) is 4.32 Å². The standard InChI is InChI=1S/C20H19NO2S2/c1-3-4-15-5-7-16(8-6-15)13-23-18-11-9-17(10-12-18)21-19(22)14(2)25-20(21)24/h5-12H,2-4,13H2,1H3. The van der Waals surface area contributed by atoms with E-state index in [2.05, 4.69) is 37.8 Å². The van der Waals surface area contributed by atoms with Crippen LogP contribution in [-0.2, 0) is 17.8 Å². The summed E-state index contributed by atoms with van der Waals surface area (Å²) in [5.74, 6) is 0.598. The molecule has 0 radical (unpaired) electrons. The number of aryl methyl sites for hydroxylation is 1. The minimum atomic E-state index is -0.157. The van der Waals surface area contributed by atoms with Gasteiger partial charge in [0.1, 0.15) is 12.4 Å². The Morgan fingerprint density at radius 1 is 1.08 bits per heavy atom. The minimum absolute atomic E-state index is 0.157. The fraction of sp³-hybridized carbons (Fsp3) is 0.200. The first-order valence-corrected chi connectivity index (χ1v) is 9.37. The number of benzene rings is 2. The van der Waals surface area contributed by atoms with Gasteiger partial charge in [-0.25, -0.2) is 0 Å². The number of hydrogen-bond donors (Lipinski definition) is 0. The summed E-state index contributed by atoms with van der Waals surface area (Å²) in [7, 11) is 0. The van der Waals surface area contributed by atoms with Crippen molar-refractivity contribution in [2.75, 3.05) is 4.90 Å². The molecule has 1 heterocycles. The van der Waals surface area contributed by atoms with Gasteiger partial charge in [0.25, 0.3) is 5.91 Å². The zero-order valence-electron chi connectivity index (χ0n) is 14.0. The van der Waals surface area contributed by atoms with E-state index in [0.717, 1.165) is 29.8 Å². The third kappa shape index (κ3) is 4.11. The number of nitrogens with zero attached hydrogens (tertiary/aromatic N) is 1. The molecular formula is C20H19NO2S2. The van der Waals surface area contributed by atoms with Crippen LogP contribution in [0.1, 0.15) is 24.5 Å². The van der Waals surface area contributed by atoms with Crippen LogP contribution in [-0.4, -0.2) is 10.2 Å². The molecule has 0 unspecified atom stereocenters. The summed E-state index contributed by atoms with van der Waals surface area (Å²) in [6.07, 6.45) is 2.25. The molecule has 1 aliphatic rings. The van der Waals surface area contributed by atoms with Crippen molar-refractivity contribution in [1.29, 1.82) is 0 Å². The lowest BCUT2D eigenvalue weighted by atomic mass is 10.1. The summed E-state index contributed by atoms with van der Waals surface area (Å²) in [6, 6.07) is 15.9. The number of carbonyl (C=O) groups excluding carboxylic acids is 1. The molecule has 0 spiro atoms. The fourth-order valence-corrected chi connectivity index (χ4v) is 3.73. The van der Waals surface area contributed by atoms with Gasteiger partial charge in [-0.1, -0.05) is 68.2 Å². The maximum Gasteiger partial charge on any atom is 0.270 e. The first-order valence-electron chi connectivity index (χ1n) is 8.14. The van der Waals surface area contributed by atoms with Crippen molar-refractivity contribution in [1.82, 2.24) is 0 Å². The molecule has 0 atom stereocenters. The Balaban J connectivity index is 1.62. The zero-order valence-corrected chi connectivity index (χ0v) is 15.7. The van der Waals surface area contributed by atoms with Crippen molar-refractivity contribution in [3.8, 4) is 5.75 Å². The predicted octanol–water partition coefficient (Wildman–Crippen LogP) is 5.10. The minimum Gasteiger partial charge on any atom is -0.489 e. The molecule has 25 heavy (non-hydrogen) atoms. The van der Waals surface area contributed by atoms with E-state index in [1.54, 1.807) is 0 Å². The molecule has 0 saturated carbocycles. The number of carbonyl (C=O) groups is 1. The van der Waals surface area contributed by atoms with Gasteiger partial charge < -0.3 is 4.74 Å². The fourth-order valence-electron chi connectivity index (χ4n) is 2.57. The lowest BCUT2D eigenvalue weighted by Crippen LogP contribution is -2.27. The summed E-state index contributed by atoms with van der Waals surface area (Å²) in [6.45, 7) is 6.41. The maximum absolute atomic E-state index is 12.1. The Morgan fingerprint density at radius 3 is 2.28 bits per heavy atom. The molecule has 1 amide bonds. The highest BCUT2D eigenvalue weighted by atomic mass is 32.2. The maximum atomic E-state index is 12.1. The van der Waals surface area contributed by atoms with E-state index in [1.165, 1.54) is 22.2 Å². The second-order valence-corrected chi connectivity index (χ2v) is 7.51. The monoisotopic (exact) mass is 369 g/mol. The molecule has 1 fully saturated rings. The van der Waals surface area contributed by atoms with Gasteiger partial charge in [0, 0.05) is 0 Å². The molecular weight excluding hydrogens is 350 g/mol. The molecule has 1 aliphatic heterocycles. The summed E-state index contributed by atoms with van der Waals surface area (Å²) in [5.41, 5.74) is 3.21. The van der Waals surface area contributed by atoms with Gasteiger partial charge >= 0.3 is 0 Å². The molecule has 0 aromatic heterocycles. The summed E-state index contributed by atoms with van der Waals surface area (Å²) in [4.78, 5) is 14.0. The Kier molecular flexibility index (Phi) is 5.56. The van der Waals surface area contributed by atoms with Crippen LogP contribution in [0.25, 0.3) is 0 Å². The second-order valence-electron chi connectivity index (χ2n) is 5.78. The smallest absolute Gasteiger partial charge is 0.270 e. The average Bonchev–Trinajstić information content (AvgIpc) is 2.87. The number of thioether (sulfide) groups is 1. The first kappa shape index (κ1) is 17.7. The van der Waals surface area contributed by atoms with E-state index in [-0.39, 0.29) is 5.91 Å². The molecule has 128 valence electrons. The molecule has 5 heteroatoms. The second kappa shape index (κ2) is 7.85. The molecule has 2 aromatic rings. The van der Waals surface area contributed by atoms with E-state index in [0.29, 0.717) is 15.8 Å². The number of amides is 1. The third-order valence-corrected chi connectivity index (χ3v) is 5.11. The molecule has 0 N–H and O–H groups in total. The molecule has 3 nitrogen and oxygen atoms in total. The number of ether oxygens (including phenoxy) is 1. The lowest BCUT2D eigenvalue weighted by Gasteiger charge is -2.15. The Bertz CT molecular complexity index is 797. The SMILES string of the molecule is C=C1SC(=S)N(c2ccc(OCc3ccc(CCC)cc3)cc2)C1=O. The van der Waals surface area contributed by atoms with Crippen LogP contribution in [0.5, 0.6) is 5.75 Å². The van der Waals surface area contributed by atoms with Gasteiger partial charge in [0.05, 0.1) is 10.6 Å². The third-order valence-electron chi connectivity index (χ3n) is 3.90. The van der Waals surface area contributed by atoms with Gasteiger partial charge in [-0.15, -0.1) is 0 Å². The average molecular weight is 370 g/mol. The quantitative estimate of drug-likeness (QED) is 0.523. The predicted molar refractivity (Wildman–Crippen MR) is 108 cm³/mol. The van der Waals surface area contributed by atoms with Crippen LogP contribution >= 0.6 is 24.0 Å². The highest BCUT2D eigenvalue weighted by Crippen LogP contribution is 2.34. The van der Waals surface area contributed by atoms with Crippen LogP contribution < -0.4 is 9.64 Å². The largest absolute Gasteiger partial charge is 0.489 e.